The van der Waals surface area contributed by atoms with E-state index in [9.17, 15) is 9.59 Å². The summed E-state index contributed by atoms with van der Waals surface area (Å²) in [5.74, 6) is 4.24. The van der Waals surface area contributed by atoms with Gasteiger partial charge in [0.05, 0.1) is 24.0 Å². The topological polar surface area (TPSA) is 91.3 Å². The normalized spacial score (nSPS) is 29.2. The molecule has 4 aliphatic carbocycles. The lowest BCUT2D eigenvalue weighted by Crippen LogP contribution is -2.63. The highest BCUT2D eigenvalue weighted by Crippen LogP contribution is 2.62. The van der Waals surface area contributed by atoms with Crippen molar-refractivity contribution in [2.24, 2.45) is 40.4 Å². The number of aromatic hydroxyl groups is 1. The van der Waals surface area contributed by atoms with Crippen LogP contribution in [-0.4, -0.2) is 48.8 Å². The molecule has 7 heteroatoms. The van der Waals surface area contributed by atoms with Crippen molar-refractivity contribution in [3.63, 3.8) is 0 Å². The van der Waals surface area contributed by atoms with Crippen molar-refractivity contribution < 1.29 is 33.6 Å². The number of carbonyl (C=O) groups excluding carboxylic acids is 2. The van der Waals surface area contributed by atoms with Crippen molar-refractivity contribution >= 4 is 11.9 Å². The summed E-state index contributed by atoms with van der Waals surface area (Å²) in [5.41, 5.74) is 0.333. The van der Waals surface area contributed by atoms with Crippen LogP contribution in [0.3, 0.4) is 0 Å². The molecule has 1 N–H and O–H groups in total. The number of esters is 2. The summed E-state index contributed by atoms with van der Waals surface area (Å²) in [4.78, 5) is 24.4. The van der Waals surface area contributed by atoms with Crippen LogP contribution >= 0.6 is 0 Å². The third-order valence-electron chi connectivity index (χ3n) is 11.6. The summed E-state index contributed by atoms with van der Waals surface area (Å²) >= 11 is 0. The Bertz CT molecular complexity index is 1070. The third-order valence-corrected chi connectivity index (χ3v) is 11.6. The highest BCUT2D eigenvalue weighted by Gasteiger charge is 2.61. The minimum atomic E-state index is -0.526. The van der Waals surface area contributed by atoms with E-state index in [1.165, 1.54) is 37.7 Å². The monoisotopic (exact) mass is 644 g/mol. The van der Waals surface area contributed by atoms with Gasteiger partial charge in [-0.2, -0.15) is 0 Å². The largest absolute Gasteiger partial charge is 0.508 e. The van der Waals surface area contributed by atoms with Crippen molar-refractivity contribution in [1.29, 1.82) is 0 Å². The number of rotatable bonds is 9. The quantitative estimate of drug-likeness (QED) is 0.268. The molecule has 1 heterocycles. The van der Waals surface area contributed by atoms with Crippen LogP contribution in [-0.2, 0) is 28.5 Å². The minimum absolute atomic E-state index is 0.0335. The molecule has 2 unspecified atom stereocenters. The zero-order valence-electron chi connectivity index (χ0n) is 30.5. The summed E-state index contributed by atoms with van der Waals surface area (Å²) in [6.07, 6.45) is 8.84. The highest BCUT2D eigenvalue weighted by atomic mass is 16.7. The molecule has 0 aromatic heterocycles. The van der Waals surface area contributed by atoms with Crippen LogP contribution < -0.4 is 0 Å². The van der Waals surface area contributed by atoms with Crippen LogP contribution in [0, 0.1) is 40.4 Å². The second kappa shape index (κ2) is 16.3. The van der Waals surface area contributed by atoms with Gasteiger partial charge in [-0.15, -0.1) is 0 Å². The van der Waals surface area contributed by atoms with Crippen LogP contribution in [0.15, 0.2) is 24.3 Å². The van der Waals surface area contributed by atoms with Gasteiger partial charge in [-0.05, 0) is 132 Å². The molecule has 1 aromatic carbocycles. The predicted molar refractivity (Wildman–Crippen MR) is 182 cm³/mol. The first-order valence-corrected chi connectivity index (χ1v) is 18.0. The average molecular weight is 645 g/mol. The van der Waals surface area contributed by atoms with E-state index in [-0.39, 0.29) is 23.0 Å². The Labute approximate surface area is 279 Å². The molecule has 0 radical (unpaired) electrons. The Kier molecular flexibility index (Phi) is 13.6. The van der Waals surface area contributed by atoms with Crippen molar-refractivity contribution in [2.45, 2.75) is 138 Å². The maximum Gasteiger partial charge on any atom is 0.313 e. The Balaban J connectivity index is 0.000000201. The number of benzene rings is 1. The average Bonchev–Trinajstić information content (AvgIpc) is 3.03. The van der Waals surface area contributed by atoms with Crippen molar-refractivity contribution in [2.75, 3.05) is 19.8 Å². The van der Waals surface area contributed by atoms with E-state index >= 15 is 0 Å². The molecular formula is C39H64O7. The van der Waals surface area contributed by atoms with E-state index in [0.717, 1.165) is 31.1 Å². The van der Waals surface area contributed by atoms with E-state index in [1.54, 1.807) is 12.1 Å². The molecule has 1 aromatic rings. The van der Waals surface area contributed by atoms with Gasteiger partial charge >= 0.3 is 11.9 Å². The molecule has 4 bridgehead atoms. The summed E-state index contributed by atoms with van der Waals surface area (Å²) in [6, 6.07) is 7.43. The van der Waals surface area contributed by atoms with Crippen LogP contribution in [0.2, 0.25) is 0 Å². The molecule has 5 aliphatic rings. The Hall–Kier alpha value is -2.12. The maximum atomic E-state index is 12.8. The van der Waals surface area contributed by atoms with Gasteiger partial charge < -0.3 is 24.1 Å². The molecule has 262 valence electrons. The molecular weight excluding hydrogens is 580 g/mol. The first kappa shape index (κ1) is 38.3. The second-order valence-corrected chi connectivity index (χ2v) is 15.9. The number of hydrogen-bond acceptors (Lipinski definition) is 7. The van der Waals surface area contributed by atoms with Gasteiger partial charge in [-0.1, -0.05) is 53.7 Å². The fraction of sp³-hybridized carbons (Fsp3) is 0.795. The summed E-state index contributed by atoms with van der Waals surface area (Å²) in [7, 11) is 0. The van der Waals surface area contributed by atoms with E-state index in [0.29, 0.717) is 49.2 Å². The Morgan fingerprint density at radius 3 is 1.80 bits per heavy atom. The lowest BCUT2D eigenvalue weighted by molar-refractivity contribution is -0.231. The van der Waals surface area contributed by atoms with Crippen molar-refractivity contribution in [1.82, 2.24) is 0 Å². The number of hydrogen-bond donors (Lipinski definition) is 1. The summed E-state index contributed by atoms with van der Waals surface area (Å²) in [5, 5.41) is 9.01. The fourth-order valence-electron chi connectivity index (χ4n) is 7.59. The standard InChI is InChI=1S/C19H32O2.C10H18O4.C10H14O/c1-6-18(4,5)17(20)21-19(12(2)3)15-8-13-7-14(10-15)11-16(19)9-13;1-4-10(2,3)9(11)14-8-7-12-5-6-13-8;1-3-8(2)9-4-6-10(11)7-5-9/h12-16H,6-11H2,1-5H3;8H,4-7H2,1-3H3;4-8,11H,3H2,1-2H3. The number of ether oxygens (including phenoxy) is 4. The molecule has 1 aliphatic heterocycles. The van der Waals surface area contributed by atoms with Crippen LogP contribution in [0.5, 0.6) is 5.75 Å². The number of carbonyl (C=O) groups is 2. The van der Waals surface area contributed by atoms with Gasteiger partial charge in [0.15, 0.2) is 0 Å². The van der Waals surface area contributed by atoms with Gasteiger partial charge in [-0.25, -0.2) is 0 Å². The molecule has 4 saturated carbocycles. The zero-order chi connectivity index (χ0) is 34.3. The van der Waals surface area contributed by atoms with Gasteiger partial charge in [0.25, 0.3) is 0 Å². The molecule has 5 fully saturated rings. The second-order valence-electron chi connectivity index (χ2n) is 15.9. The lowest BCUT2D eigenvalue weighted by Gasteiger charge is -2.62. The van der Waals surface area contributed by atoms with Crippen molar-refractivity contribution in [3.05, 3.63) is 29.8 Å². The number of phenolic OH excluding ortho intramolecular Hbond substituents is 1. The van der Waals surface area contributed by atoms with Crippen LogP contribution in [0.4, 0.5) is 0 Å². The summed E-state index contributed by atoms with van der Waals surface area (Å²) < 4.78 is 21.9. The highest BCUT2D eigenvalue weighted by molar-refractivity contribution is 5.76. The zero-order valence-corrected chi connectivity index (χ0v) is 30.5. The first-order chi connectivity index (χ1) is 21.6. The van der Waals surface area contributed by atoms with Gasteiger partial charge in [-0.3, -0.25) is 9.59 Å². The number of phenols is 1. The SMILES string of the molecule is CCC(C)(C)C(=O)OC1(C(C)C)C2CC3CC(C2)CC1C3.CCC(C)(C)C(=O)OC1COCCO1.CCC(C)c1ccc(O)cc1. The molecule has 1 saturated heterocycles. The Morgan fingerprint density at radius 1 is 0.848 bits per heavy atom. The maximum absolute atomic E-state index is 12.8. The molecule has 2 atom stereocenters. The smallest absolute Gasteiger partial charge is 0.313 e. The molecule has 0 spiro atoms. The third kappa shape index (κ3) is 9.27. The summed E-state index contributed by atoms with van der Waals surface area (Å²) in [6.45, 7) is 22.1. The molecule has 0 amide bonds. The van der Waals surface area contributed by atoms with E-state index < -0.39 is 11.7 Å². The van der Waals surface area contributed by atoms with E-state index in [2.05, 4.69) is 34.6 Å². The van der Waals surface area contributed by atoms with Gasteiger partial charge in [0.2, 0.25) is 6.29 Å². The van der Waals surface area contributed by atoms with Crippen molar-refractivity contribution in [3.8, 4) is 5.75 Å². The van der Waals surface area contributed by atoms with Crippen LogP contribution in [0.1, 0.15) is 132 Å². The van der Waals surface area contributed by atoms with E-state index in [1.807, 2.05) is 46.8 Å². The van der Waals surface area contributed by atoms with E-state index in [4.69, 9.17) is 24.1 Å². The molecule has 46 heavy (non-hydrogen) atoms. The van der Waals surface area contributed by atoms with Crippen LogP contribution in [0.25, 0.3) is 0 Å². The van der Waals surface area contributed by atoms with Gasteiger partial charge in [0.1, 0.15) is 18.0 Å². The lowest BCUT2D eigenvalue weighted by atomic mass is 9.47. The Morgan fingerprint density at radius 2 is 1.37 bits per heavy atom. The fourth-order valence-corrected chi connectivity index (χ4v) is 7.59. The molecule has 6 rings (SSSR count). The first-order valence-electron chi connectivity index (χ1n) is 18.0. The van der Waals surface area contributed by atoms with Gasteiger partial charge in [0, 0.05) is 0 Å². The molecule has 7 nitrogen and oxygen atoms in total. The minimum Gasteiger partial charge on any atom is -0.508 e. The predicted octanol–water partition coefficient (Wildman–Crippen LogP) is 9.06.